The Morgan fingerprint density at radius 3 is 2.25 bits per heavy atom. The minimum absolute atomic E-state index is 0.0609. The maximum absolute atomic E-state index is 9.77. The van der Waals surface area contributed by atoms with E-state index in [2.05, 4.69) is 44.7 Å². The third-order valence-electron chi connectivity index (χ3n) is 4.81. The second-order valence-corrected chi connectivity index (χ2v) is 7.45. The van der Waals surface area contributed by atoms with Crippen LogP contribution in [0.15, 0.2) is 0 Å². The number of ether oxygens (including phenoxy) is 1. The third-order valence-corrected chi connectivity index (χ3v) is 4.81. The average Bonchev–Trinajstić information content (AvgIpc) is 2.38. The number of aliphatic hydroxyl groups is 1. The lowest BCUT2D eigenvalue weighted by Gasteiger charge is -2.45. The highest BCUT2D eigenvalue weighted by Gasteiger charge is 2.36. The van der Waals surface area contributed by atoms with Crippen LogP contribution in [-0.2, 0) is 4.74 Å². The second-order valence-electron chi connectivity index (χ2n) is 7.45. The summed E-state index contributed by atoms with van der Waals surface area (Å²) in [7, 11) is 5.97. The molecule has 120 valence electrons. The van der Waals surface area contributed by atoms with Crippen molar-refractivity contribution in [3.8, 4) is 0 Å². The maximum atomic E-state index is 9.77. The molecule has 0 aromatic carbocycles. The van der Waals surface area contributed by atoms with Crippen molar-refractivity contribution < 1.29 is 9.84 Å². The molecule has 0 saturated carbocycles. The molecule has 0 bridgehead atoms. The first-order chi connectivity index (χ1) is 9.23. The van der Waals surface area contributed by atoms with E-state index in [9.17, 15) is 5.11 Å². The molecule has 1 saturated heterocycles. The topological polar surface area (TPSA) is 35.9 Å². The first-order valence-electron chi connectivity index (χ1n) is 7.78. The van der Waals surface area contributed by atoms with Crippen molar-refractivity contribution in [3.05, 3.63) is 0 Å². The van der Waals surface area contributed by atoms with Gasteiger partial charge in [-0.2, -0.15) is 0 Å². The highest BCUT2D eigenvalue weighted by molar-refractivity contribution is 4.90. The molecule has 0 radical (unpaired) electrons. The number of piperidine rings is 1. The van der Waals surface area contributed by atoms with E-state index in [0.717, 1.165) is 38.9 Å². The molecule has 1 N–H and O–H groups in total. The Morgan fingerprint density at radius 2 is 1.85 bits per heavy atom. The normalized spacial score (nSPS) is 22.2. The van der Waals surface area contributed by atoms with E-state index in [1.807, 2.05) is 0 Å². The van der Waals surface area contributed by atoms with E-state index >= 15 is 0 Å². The summed E-state index contributed by atoms with van der Waals surface area (Å²) in [6, 6.07) is 0.529. The molecule has 1 unspecified atom stereocenters. The fourth-order valence-corrected chi connectivity index (χ4v) is 3.40. The average molecular weight is 286 g/mol. The summed E-state index contributed by atoms with van der Waals surface area (Å²) < 4.78 is 5.54. The lowest BCUT2D eigenvalue weighted by Crippen LogP contribution is -2.50. The molecule has 1 aliphatic heterocycles. The number of hydrogen-bond donors (Lipinski definition) is 1. The minimum atomic E-state index is -0.0609. The van der Waals surface area contributed by atoms with Gasteiger partial charge in [-0.25, -0.2) is 0 Å². The Labute approximate surface area is 125 Å². The number of aliphatic hydroxyl groups excluding tert-OH is 1. The molecule has 1 aliphatic rings. The summed E-state index contributed by atoms with van der Waals surface area (Å²) in [6.45, 7) is 10.0. The number of hydrogen-bond acceptors (Lipinski definition) is 4. The van der Waals surface area contributed by atoms with Gasteiger partial charge in [-0.1, -0.05) is 0 Å². The van der Waals surface area contributed by atoms with E-state index in [-0.39, 0.29) is 11.0 Å². The molecular formula is C16H34N2O2. The molecule has 1 heterocycles. The maximum Gasteiger partial charge on any atom is 0.0637 e. The number of methoxy groups -OCH3 is 1. The summed E-state index contributed by atoms with van der Waals surface area (Å²) in [4.78, 5) is 4.74. The lowest BCUT2D eigenvalue weighted by molar-refractivity contribution is -0.0265. The van der Waals surface area contributed by atoms with E-state index in [1.165, 1.54) is 0 Å². The highest BCUT2D eigenvalue weighted by Crippen LogP contribution is 2.33. The first-order valence-corrected chi connectivity index (χ1v) is 7.78. The molecular weight excluding hydrogens is 252 g/mol. The van der Waals surface area contributed by atoms with Gasteiger partial charge in [-0.05, 0) is 67.2 Å². The summed E-state index contributed by atoms with van der Waals surface area (Å²) in [5.41, 5.74) is 0.0328. The Balaban J connectivity index is 2.52. The third kappa shape index (κ3) is 4.99. The number of rotatable bonds is 7. The molecule has 20 heavy (non-hydrogen) atoms. The largest absolute Gasteiger partial charge is 0.396 e. The predicted octanol–water partition coefficient (Wildman–Crippen LogP) is 1.83. The van der Waals surface area contributed by atoms with Gasteiger partial charge in [0, 0.05) is 25.1 Å². The molecule has 0 amide bonds. The number of likely N-dealkylation sites (tertiary alicyclic amines) is 1. The summed E-state index contributed by atoms with van der Waals surface area (Å²) in [5, 5.41) is 9.77. The van der Waals surface area contributed by atoms with Crippen LogP contribution in [-0.4, -0.2) is 74.0 Å². The zero-order valence-corrected chi connectivity index (χ0v) is 14.3. The Bertz CT molecular complexity index is 284. The quantitative estimate of drug-likeness (QED) is 0.774. The van der Waals surface area contributed by atoms with Crippen molar-refractivity contribution in [3.63, 3.8) is 0 Å². The van der Waals surface area contributed by atoms with E-state index < -0.39 is 0 Å². The van der Waals surface area contributed by atoms with Gasteiger partial charge < -0.3 is 19.6 Å². The molecule has 0 aromatic heterocycles. The van der Waals surface area contributed by atoms with Crippen LogP contribution in [0.3, 0.4) is 0 Å². The molecule has 1 fully saturated rings. The highest BCUT2D eigenvalue weighted by atomic mass is 16.5. The van der Waals surface area contributed by atoms with Gasteiger partial charge in [0.05, 0.1) is 12.2 Å². The fourth-order valence-electron chi connectivity index (χ4n) is 3.40. The van der Waals surface area contributed by atoms with Gasteiger partial charge in [-0.15, -0.1) is 0 Å². The molecule has 1 rings (SSSR count). The Hall–Kier alpha value is -0.160. The second kappa shape index (κ2) is 7.21. The monoisotopic (exact) mass is 286 g/mol. The van der Waals surface area contributed by atoms with Gasteiger partial charge in [0.25, 0.3) is 0 Å². The van der Waals surface area contributed by atoms with Crippen molar-refractivity contribution >= 4 is 0 Å². The minimum Gasteiger partial charge on any atom is -0.396 e. The van der Waals surface area contributed by atoms with Crippen molar-refractivity contribution in [1.29, 1.82) is 0 Å². The van der Waals surface area contributed by atoms with Crippen LogP contribution in [0.1, 0.15) is 40.0 Å². The Morgan fingerprint density at radius 1 is 1.30 bits per heavy atom. The van der Waals surface area contributed by atoms with E-state index in [4.69, 9.17) is 4.74 Å². The number of nitrogens with zero attached hydrogens (tertiary/aromatic N) is 2. The van der Waals surface area contributed by atoms with Gasteiger partial charge in [0.2, 0.25) is 0 Å². The molecule has 0 aromatic rings. The molecule has 4 heteroatoms. The van der Waals surface area contributed by atoms with E-state index in [0.29, 0.717) is 12.6 Å². The van der Waals surface area contributed by atoms with Gasteiger partial charge >= 0.3 is 0 Å². The van der Waals surface area contributed by atoms with Crippen LogP contribution < -0.4 is 0 Å². The smallest absolute Gasteiger partial charge is 0.0637 e. The molecule has 0 aliphatic carbocycles. The van der Waals surface area contributed by atoms with E-state index in [1.54, 1.807) is 7.11 Å². The molecule has 4 nitrogen and oxygen atoms in total. The Kier molecular flexibility index (Phi) is 6.45. The van der Waals surface area contributed by atoms with Crippen molar-refractivity contribution in [1.82, 2.24) is 9.80 Å². The lowest BCUT2D eigenvalue weighted by atomic mass is 9.78. The zero-order valence-electron chi connectivity index (χ0n) is 14.3. The SMILES string of the molecule is COC(C)(C)CC(C)N1CCC(CO)(CN(C)C)CC1. The summed E-state index contributed by atoms with van der Waals surface area (Å²) in [6.07, 6.45) is 3.21. The fraction of sp³-hybridized carbons (Fsp3) is 1.00. The first kappa shape index (κ1) is 17.9. The van der Waals surface area contributed by atoms with Gasteiger partial charge in [-0.3, -0.25) is 0 Å². The van der Waals surface area contributed by atoms with Gasteiger partial charge in [0.1, 0.15) is 0 Å². The summed E-state index contributed by atoms with van der Waals surface area (Å²) in [5.74, 6) is 0. The van der Waals surface area contributed by atoms with Crippen LogP contribution in [0.4, 0.5) is 0 Å². The van der Waals surface area contributed by atoms with Crippen molar-refractivity contribution in [2.45, 2.75) is 51.7 Å². The summed E-state index contributed by atoms with van der Waals surface area (Å²) >= 11 is 0. The van der Waals surface area contributed by atoms with Crippen LogP contribution in [0.25, 0.3) is 0 Å². The zero-order chi connectivity index (χ0) is 15.4. The van der Waals surface area contributed by atoms with Crippen LogP contribution >= 0.6 is 0 Å². The molecule has 0 spiro atoms. The van der Waals surface area contributed by atoms with Crippen LogP contribution in [0, 0.1) is 5.41 Å². The molecule has 1 atom stereocenters. The predicted molar refractivity (Wildman–Crippen MR) is 84.0 cm³/mol. The van der Waals surface area contributed by atoms with Crippen LogP contribution in [0.2, 0.25) is 0 Å². The standard InChI is InChI=1S/C16H34N2O2/c1-14(11-15(2,3)20-6)18-9-7-16(13-19,8-10-18)12-17(4)5/h14,19H,7-13H2,1-6H3. The van der Waals surface area contributed by atoms with Crippen LogP contribution in [0.5, 0.6) is 0 Å². The van der Waals surface area contributed by atoms with Crippen molar-refractivity contribution in [2.24, 2.45) is 5.41 Å². The van der Waals surface area contributed by atoms with Gasteiger partial charge in [0.15, 0.2) is 0 Å². The van der Waals surface area contributed by atoms with Crippen molar-refractivity contribution in [2.75, 3.05) is 47.4 Å².